The van der Waals surface area contributed by atoms with Gasteiger partial charge < -0.3 is 4.57 Å². The minimum absolute atomic E-state index is 0.0139. The molecule has 0 atom stereocenters. The van der Waals surface area contributed by atoms with Crippen LogP contribution in [0.25, 0.3) is 11.1 Å². The van der Waals surface area contributed by atoms with Gasteiger partial charge in [-0.2, -0.15) is 0 Å². The van der Waals surface area contributed by atoms with E-state index >= 15 is 0 Å². The Morgan fingerprint density at radius 3 is 2.24 bits per heavy atom. The van der Waals surface area contributed by atoms with E-state index in [1.807, 2.05) is 6.07 Å². The maximum atomic E-state index is 11.6. The van der Waals surface area contributed by atoms with Gasteiger partial charge in [-0.25, -0.2) is 4.98 Å². The molecule has 2 rings (SSSR count). The molecule has 0 bridgehead atoms. The third-order valence-corrected chi connectivity index (χ3v) is 2.85. The third kappa shape index (κ3) is 2.51. The summed E-state index contributed by atoms with van der Waals surface area (Å²) < 4.78 is 1.53. The summed E-state index contributed by atoms with van der Waals surface area (Å²) in [6, 6.07) is 5.24. The van der Waals surface area contributed by atoms with Crippen LogP contribution >= 0.6 is 23.2 Å². The number of hydrogen-bond donors (Lipinski definition) is 0. The van der Waals surface area contributed by atoms with Crippen molar-refractivity contribution in [2.75, 3.05) is 0 Å². The van der Waals surface area contributed by atoms with Crippen LogP contribution in [0.15, 0.2) is 29.2 Å². The lowest BCUT2D eigenvalue weighted by atomic mass is 10.1. The van der Waals surface area contributed by atoms with Crippen LogP contribution < -0.4 is 5.56 Å². The van der Waals surface area contributed by atoms with Crippen LogP contribution in [0.4, 0.5) is 0 Å². The summed E-state index contributed by atoms with van der Waals surface area (Å²) >= 11 is 11.7. The van der Waals surface area contributed by atoms with Crippen molar-refractivity contribution in [1.29, 1.82) is 0 Å². The summed E-state index contributed by atoms with van der Waals surface area (Å²) in [4.78, 5) is 15.5. The molecule has 0 saturated carbocycles. The Hall–Kier alpha value is -1.32. The number of hydrogen-bond acceptors (Lipinski definition) is 2. The second kappa shape index (κ2) is 4.51. The Morgan fingerprint density at radius 1 is 1.12 bits per heavy atom. The average Bonchev–Trinajstić information content (AvgIpc) is 2.23. The molecule has 0 saturated heterocycles. The molecule has 0 fully saturated rings. The van der Waals surface area contributed by atoms with E-state index in [-0.39, 0.29) is 5.56 Å². The van der Waals surface area contributed by atoms with Crippen molar-refractivity contribution in [2.45, 2.75) is 6.92 Å². The fourth-order valence-corrected chi connectivity index (χ4v) is 2.13. The molecule has 0 N–H and O–H groups in total. The zero-order valence-corrected chi connectivity index (χ0v) is 10.9. The predicted molar refractivity (Wildman–Crippen MR) is 69.7 cm³/mol. The van der Waals surface area contributed by atoms with Crippen molar-refractivity contribution in [3.8, 4) is 11.1 Å². The average molecular weight is 269 g/mol. The van der Waals surface area contributed by atoms with Gasteiger partial charge in [0.05, 0.1) is 0 Å². The standard InChI is InChI=1S/C12H10Cl2N2O/c1-7-3-9(6-16(2)12(7)17)8-4-10(13)15-11(14)5-8/h3-6H,1-2H3. The van der Waals surface area contributed by atoms with Crippen LogP contribution in [0, 0.1) is 6.92 Å². The Kier molecular flexibility index (Phi) is 3.22. The smallest absolute Gasteiger partial charge is 0.253 e. The number of nitrogens with zero attached hydrogens (tertiary/aromatic N) is 2. The predicted octanol–water partition coefficient (Wildman–Crippen LogP) is 3.06. The summed E-state index contributed by atoms with van der Waals surface area (Å²) in [5.74, 6) is 0. The van der Waals surface area contributed by atoms with Gasteiger partial charge in [0, 0.05) is 18.8 Å². The van der Waals surface area contributed by atoms with E-state index in [0.29, 0.717) is 15.9 Å². The van der Waals surface area contributed by atoms with Crippen LogP contribution in [-0.4, -0.2) is 9.55 Å². The summed E-state index contributed by atoms with van der Waals surface area (Å²) in [7, 11) is 1.71. The molecular weight excluding hydrogens is 259 g/mol. The molecule has 2 heterocycles. The van der Waals surface area contributed by atoms with E-state index in [2.05, 4.69) is 4.98 Å². The van der Waals surface area contributed by atoms with Crippen molar-refractivity contribution in [3.05, 3.63) is 50.6 Å². The van der Waals surface area contributed by atoms with Crippen LogP contribution in [0.3, 0.4) is 0 Å². The molecule has 0 amide bonds. The zero-order chi connectivity index (χ0) is 12.6. The summed E-state index contributed by atoms with van der Waals surface area (Å²) in [5.41, 5.74) is 2.39. The van der Waals surface area contributed by atoms with E-state index < -0.39 is 0 Å². The molecule has 0 aliphatic carbocycles. The summed E-state index contributed by atoms with van der Waals surface area (Å²) in [5, 5.41) is 0.665. The molecule has 17 heavy (non-hydrogen) atoms. The molecule has 0 unspecified atom stereocenters. The highest BCUT2D eigenvalue weighted by molar-refractivity contribution is 6.32. The molecule has 0 aliphatic heterocycles. The maximum absolute atomic E-state index is 11.6. The van der Waals surface area contributed by atoms with Crippen LogP contribution in [0.1, 0.15) is 5.56 Å². The first-order chi connectivity index (χ1) is 7.97. The van der Waals surface area contributed by atoms with Gasteiger partial charge in [-0.05, 0) is 36.2 Å². The van der Waals surface area contributed by atoms with Crippen LogP contribution in [-0.2, 0) is 7.05 Å². The number of aromatic nitrogens is 2. The number of pyridine rings is 2. The normalized spacial score (nSPS) is 10.6. The largest absolute Gasteiger partial charge is 0.318 e. The summed E-state index contributed by atoms with van der Waals surface area (Å²) in [6.07, 6.45) is 1.75. The van der Waals surface area contributed by atoms with Gasteiger partial charge in [-0.15, -0.1) is 0 Å². The van der Waals surface area contributed by atoms with Gasteiger partial charge in [-0.1, -0.05) is 23.2 Å². The molecule has 0 radical (unpaired) electrons. The SMILES string of the molecule is Cc1cc(-c2cc(Cl)nc(Cl)c2)cn(C)c1=O. The van der Waals surface area contributed by atoms with Gasteiger partial charge >= 0.3 is 0 Å². The summed E-state index contributed by atoms with van der Waals surface area (Å²) in [6.45, 7) is 1.77. The number of halogens is 2. The molecule has 0 aliphatic rings. The zero-order valence-electron chi connectivity index (χ0n) is 9.37. The van der Waals surface area contributed by atoms with Gasteiger partial charge in [0.15, 0.2) is 0 Å². The van der Waals surface area contributed by atoms with Gasteiger partial charge in [-0.3, -0.25) is 4.79 Å². The molecule has 0 spiro atoms. The molecule has 0 aromatic carbocycles. The Balaban J connectivity index is 2.64. The highest BCUT2D eigenvalue weighted by Crippen LogP contribution is 2.24. The van der Waals surface area contributed by atoms with Crippen molar-refractivity contribution < 1.29 is 0 Å². The maximum Gasteiger partial charge on any atom is 0.253 e. The molecule has 2 aromatic rings. The van der Waals surface area contributed by atoms with Crippen molar-refractivity contribution in [2.24, 2.45) is 7.05 Å². The second-order valence-corrected chi connectivity index (χ2v) is 4.60. The van der Waals surface area contributed by atoms with Gasteiger partial charge in [0.2, 0.25) is 0 Å². The van der Waals surface area contributed by atoms with E-state index in [1.165, 1.54) is 4.57 Å². The molecular formula is C12H10Cl2N2O. The Labute approximate surface area is 109 Å². The molecule has 88 valence electrons. The minimum Gasteiger partial charge on any atom is -0.318 e. The first kappa shape index (κ1) is 12.1. The Bertz CT molecular complexity index is 588. The number of aryl methyl sites for hydroxylation is 2. The topological polar surface area (TPSA) is 34.9 Å². The molecule has 2 aromatic heterocycles. The highest BCUT2D eigenvalue weighted by Gasteiger charge is 2.05. The van der Waals surface area contributed by atoms with Gasteiger partial charge in [0.1, 0.15) is 10.3 Å². The molecule has 5 heteroatoms. The first-order valence-electron chi connectivity index (χ1n) is 4.98. The number of rotatable bonds is 1. The van der Waals surface area contributed by atoms with E-state index in [0.717, 1.165) is 11.1 Å². The molecule has 3 nitrogen and oxygen atoms in total. The lowest BCUT2D eigenvalue weighted by molar-refractivity contribution is 0.850. The first-order valence-corrected chi connectivity index (χ1v) is 5.73. The minimum atomic E-state index is -0.0139. The second-order valence-electron chi connectivity index (χ2n) is 3.83. The lowest BCUT2D eigenvalue weighted by Gasteiger charge is -2.07. The quantitative estimate of drug-likeness (QED) is 0.746. The van der Waals surface area contributed by atoms with Crippen molar-refractivity contribution in [1.82, 2.24) is 9.55 Å². The van der Waals surface area contributed by atoms with Crippen molar-refractivity contribution >= 4 is 23.2 Å². The van der Waals surface area contributed by atoms with Crippen molar-refractivity contribution in [3.63, 3.8) is 0 Å². The lowest BCUT2D eigenvalue weighted by Crippen LogP contribution is -2.18. The Morgan fingerprint density at radius 2 is 1.71 bits per heavy atom. The van der Waals surface area contributed by atoms with E-state index in [1.54, 1.807) is 32.3 Å². The van der Waals surface area contributed by atoms with Crippen LogP contribution in [0.5, 0.6) is 0 Å². The van der Waals surface area contributed by atoms with E-state index in [9.17, 15) is 4.79 Å². The fraction of sp³-hybridized carbons (Fsp3) is 0.167. The van der Waals surface area contributed by atoms with E-state index in [4.69, 9.17) is 23.2 Å². The van der Waals surface area contributed by atoms with Gasteiger partial charge in [0.25, 0.3) is 5.56 Å². The monoisotopic (exact) mass is 268 g/mol. The van der Waals surface area contributed by atoms with Crippen LogP contribution in [0.2, 0.25) is 10.3 Å². The fourth-order valence-electron chi connectivity index (χ4n) is 1.67. The third-order valence-electron chi connectivity index (χ3n) is 2.46. The highest BCUT2D eigenvalue weighted by atomic mass is 35.5.